The van der Waals surface area contributed by atoms with Gasteiger partial charge in [0.15, 0.2) is 5.76 Å². The standard InChI is InChI=1S/C11H10ClFN2O/c1-14-6-11-15-5-10(16-11)8-3-2-7(12)4-9(8)13/h2-5,14H,6H2,1H3. The van der Waals surface area contributed by atoms with Gasteiger partial charge in [0.05, 0.1) is 18.3 Å². The van der Waals surface area contributed by atoms with E-state index < -0.39 is 5.82 Å². The second-order valence-electron chi connectivity index (χ2n) is 3.27. The van der Waals surface area contributed by atoms with Crippen molar-refractivity contribution in [3.05, 3.63) is 41.1 Å². The molecule has 0 unspecified atom stereocenters. The van der Waals surface area contributed by atoms with Crippen LogP contribution in [0.25, 0.3) is 11.3 Å². The predicted molar refractivity (Wildman–Crippen MR) is 59.7 cm³/mol. The average molecular weight is 241 g/mol. The van der Waals surface area contributed by atoms with Crippen molar-refractivity contribution in [1.29, 1.82) is 0 Å². The van der Waals surface area contributed by atoms with E-state index in [0.29, 0.717) is 28.8 Å². The van der Waals surface area contributed by atoms with Gasteiger partial charge in [0.25, 0.3) is 0 Å². The summed E-state index contributed by atoms with van der Waals surface area (Å²) in [5, 5.41) is 3.26. The Morgan fingerprint density at radius 3 is 3.00 bits per heavy atom. The van der Waals surface area contributed by atoms with E-state index in [4.69, 9.17) is 16.0 Å². The van der Waals surface area contributed by atoms with Gasteiger partial charge in [-0.2, -0.15) is 0 Å². The summed E-state index contributed by atoms with van der Waals surface area (Å²) in [6.07, 6.45) is 1.50. The summed E-state index contributed by atoms with van der Waals surface area (Å²) in [5.41, 5.74) is 0.360. The minimum absolute atomic E-state index is 0.358. The number of aromatic nitrogens is 1. The maximum atomic E-state index is 13.5. The topological polar surface area (TPSA) is 38.1 Å². The van der Waals surface area contributed by atoms with Crippen molar-refractivity contribution >= 4 is 11.6 Å². The van der Waals surface area contributed by atoms with Crippen LogP contribution in [0, 0.1) is 5.82 Å². The molecule has 1 heterocycles. The van der Waals surface area contributed by atoms with E-state index in [0.717, 1.165) is 0 Å². The monoisotopic (exact) mass is 240 g/mol. The summed E-state index contributed by atoms with van der Waals surface area (Å²) in [5.74, 6) is 0.505. The first-order valence-corrected chi connectivity index (χ1v) is 5.13. The minimum Gasteiger partial charge on any atom is -0.439 e. The highest BCUT2D eigenvalue weighted by molar-refractivity contribution is 6.30. The number of benzene rings is 1. The Morgan fingerprint density at radius 1 is 1.50 bits per heavy atom. The lowest BCUT2D eigenvalue weighted by Gasteiger charge is -1.99. The third kappa shape index (κ3) is 2.23. The van der Waals surface area contributed by atoms with Crippen molar-refractivity contribution in [2.75, 3.05) is 7.05 Å². The first kappa shape index (κ1) is 11.1. The number of oxazole rings is 1. The Hall–Kier alpha value is -1.39. The van der Waals surface area contributed by atoms with Gasteiger partial charge in [0.2, 0.25) is 5.89 Å². The highest BCUT2D eigenvalue weighted by atomic mass is 35.5. The predicted octanol–water partition coefficient (Wildman–Crippen LogP) is 2.85. The molecule has 0 atom stereocenters. The molecule has 1 aromatic heterocycles. The van der Waals surface area contributed by atoms with Crippen molar-refractivity contribution < 1.29 is 8.81 Å². The summed E-state index contributed by atoms with van der Waals surface area (Å²) < 4.78 is 18.9. The molecular weight excluding hydrogens is 231 g/mol. The molecule has 0 amide bonds. The van der Waals surface area contributed by atoms with Gasteiger partial charge < -0.3 is 9.73 Å². The molecule has 0 aliphatic rings. The van der Waals surface area contributed by atoms with Gasteiger partial charge in [-0.05, 0) is 25.2 Å². The van der Waals surface area contributed by atoms with Crippen LogP contribution in [0.15, 0.2) is 28.8 Å². The van der Waals surface area contributed by atoms with Crippen LogP contribution in [0.2, 0.25) is 5.02 Å². The molecule has 3 nitrogen and oxygen atoms in total. The lowest BCUT2D eigenvalue weighted by Crippen LogP contribution is -2.04. The molecule has 0 saturated heterocycles. The van der Waals surface area contributed by atoms with E-state index in [1.807, 2.05) is 0 Å². The van der Waals surface area contributed by atoms with Crippen LogP contribution in [0.4, 0.5) is 4.39 Å². The highest BCUT2D eigenvalue weighted by Gasteiger charge is 2.10. The van der Waals surface area contributed by atoms with E-state index in [2.05, 4.69) is 10.3 Å². The van der Waals surface area contributed by atoms with E-state index in [9.17, 15) is 4.39 Å². The number of rotatable bonds is 3. The SMILES string of the molecule is CNCc1ncc(-c2ccc(Cl)cc2F)o1. The van der Waals surface area contributed by atoms with E-state index in [1.165, 1.54) is 12.3 Å². The molecule has 1 N–H and O–H groups in total. The van der Waals surface area contributed by atoms with Gasteiger partial charge in [0, 0.05) is 5.02 Å². The number of halogens is 2. The molecule has 2 rings (SSSR count). The molecule has 84 valence electrons. The van der Waals surface area contributed by atoms with Gasteiger partial charge in [0.1, 0.15) is 5.82 Å². The van der Waals surface area contributed by atoms with E-state index in [1.54, 1.807) is 19.2 Å². The smallest absolute Gasteiger partial charge is 0.208 e. The Kier molecular flexibility index (Phi) is 3.22. The summed E-state index contributed by atoms with van der Waals surface area (Å²) in [7, 11) is 1.78. The fraction of sp³-hybridized carbons (Fsp3) is 0.182. The lowest BCUT2D eigenvalue weighted by atomic mass is 10.2. The van der Waals surface area contributed by atoms with Crippen LogP contribution in [0.5, 0.6) is 0 Å². The summed E-state index contributed by atoms with van der Waals surface area (Å²) in [6.45, 7) is 0.509. The Balaban J connectivity index is 2.35. The van der Waals surface area contributed by atoms with E-state index >= 15 is 0 Å². The van der Waals surface area contributed by atoms with E-state index in [-0.39, 0.29) is 0 Å². The maximum absolute atomic E-state index is 13.5. The number of nitrogens with one attached hydrogen (secondary N) is 1. The molecule has 0 radical (unpaired) electrons. The molecule has 16 heavy (non-hydrogen) atoms. The summed E-state index contributed by atoms with van der Waals surface area (Å²) >= 11 is 5.66. The molecule has 0 saturated carbocycles. The van der Waals surface area contributed by atoms with Crippen molar-refractivity contribution in [2.24, 2.45) is 0 Å². The second kappa shape index (κ2) is 4.63. The quantitative estimate of drug-likeness (QED) is 0.897. The lowest BCUT2D eigenvalue weighted by molar-refractivity contribution is 0.488. The Morgan fingerprint density at radius 2 is 2.31 bits per heavy atom. The number of hydrogen-bond acceptors (Lipinski definition) is 3. The van der Waals surface area contributed by atoms with Gasteiger partial charge >= 0.3 is 0 Å². The summed E-state index contributed by atoms with van der Waals surface area (Å²) in [6, 6.07) is 4.43. The third-order valence-corrected chi connectivity index (χ3v) is 2.31. The van der Waals surface area contributed by atoms with Gasteiger partial charge in [-0.15, -0.1) is 0 Å². The van der Waals surface area contributed by atoms with Crippen molar-refractivity contribution in [2.45, 2.75) is 6.54 Å². The maximum Gasteiger partial charge on any atom is 0.208 e. The van der Waals surface area contributed by atoms with Crippen LogP contribution >= 0.6 is 11.6 Å². The van der Waals surface area contributed by atoms with Crippen molar-refractivity contribution in [3.8, 4) is 11.3 Å². The van der Waals surface area contributed by atoms with Crippen LogP contribution in [0.3, 0.4) is 0 Å². The van der Waals surface area contributed by atoms with Gasteiger partial charge in [-0.1, -0.05) is 11.6 Å². The zero-order valence-electron chi connectivity index (χ0n) is 8.63. The molecule has 0 aliphatic carbocycles. The molecule has 1 aromatic carbocycles. The third-order valence-electron chi connectivity index (χ3n) is 2.08. The van der Waals surface area contributed by atoms with Gasteiger partial charge in [-0.3, -0.25) is 0 Å². The van der Waals surface area contributed by atoms with Crippen LogP contribution in [0.1, 0.15) is 5.89 Å². The molecular formula is C11H10ClFN2O. The Labute approximate surface area is 97.3 Å². The van der Waals surface area contributed by atoms with Crippen molar-refractivity contribution in [1.82, 2.24) is 10.3 Å². The zero-order valence-corrected chi connectivity index (χ0v) is 9.38. The fourth-order valence-electron chi connectivity index (χ4n) is 1.36. The molecule has 0 bridgehead atoms. The summed E-state index contributed by atoms with van der Waals surface area (Å²) in [4.78, 5) is 4.02. The zero-order chi connectivity index (χ0) is 11.5. The normalized spacial score (nSPS) is 10.7. The van der Waals surface area contributed by atoms with Crippen LogP contribution < -0.4 is 5.32 Å². The fourth-order valence-corrected chi connectivity index (χ4v) is 1.52. The molecule has 5 heteroatoms. The molecule has 0 aliphatic heterocycles. The van der Waals surface area contributed by atoms with Gasteiger partial charge in [-0.25, -0.2) is 9.37 Å². The molecule has 0 fully saturated rings. The van der Waals surface area contributed by atoms with Crippen molar-refractivity contribution in [3.63, 3.8) is 0 Å². The molecule has 0 spiro atoms. The first-order valence-electron chi connectivity index (χ1n) is 4.75. The average Bonchev–Trinajstić information content (AvgIpc) is 2.67. The number of hydrogen-bond donors (Lipinski definition) is 1. The van der Waals surface area contributed by atoms with Crippen LogP contribution in [-0.2, 0) is 6.54 Å². The number of nitrogens with zero attached hydrogens (tertiary/aromatic N) is 1. The minimum atomic E-state index is -0.417. The first-order chi connectivity index (χ1) is 7.70. The highest BCUT2D eigenvalue weighted by Crippen LogP contribution is 2.25. The molecule has 2 aromatic rings. The largest absolute Gasteiger partial charge is 0.439 e. The second-order valence-corrected chi connectivity index (χ2v) is 3.71. The Bertz CT molecular complexity index is 498. The van der Waals surface area contributed by atoms with Crippen LogP contribution in [-0.4, -0.2) is 12.0 Å².